The molecular weight excluding hydrogens is 358 g/mol. The van der Waals surface area contributed by atoms with Gasteiger partial charge in [0.2, 0.25) is 17.7 Å². The summed E-state index contributed by atoms with van der Waals surface area (Å²) in [6.07, 6.45) is 6.71. The molecule has 1 aliphatic carbocycles. The highest BCUT2D eigenvalue weighted by molar-refractivity contribution is 5.76. The summed E-state index contributed by atoms with van der Waals surface area (Å²) in [5.74, 6) is 0.892. The highest BCUT2D eigenvalue weighted by Gasteiger charge is 2.38. The van der Waals surface area contributed by atoms with Gasteiger partial charge in [0.1, 0.15) is 5.54 Å². The molecule has 0 unspecified atom stereocenters. The number of carbonyl (C=O) groups excluding carboxylic acids is 2. The van der Waals surface area contributed by atoms with Crippen molar-refractivity contribution in [2.45, 2.75) is 77.7 Å². The predicted molar refractivity (Wildman–Crippen MR) is 107 cm³/mol. The first kappa shape index (κ1) is 22.3. The number of nitrogens with one attached hydrogen (secondary N) is 2. The van der Waals surface area contributed by atoms with Gasteiger partial charge in [-0.25, -0.2) is 0 Å². The molecular formula is C20H35N5O3. The molecule has 0 aliphatic heterocycles. The topological polar surface area (TPSA) is 100 Å². The van der Waals surface area contributed by atoms with Crippen LogP contribution >= 0.6 is 0 Å². The molecule has 28 heavy (non-hydrogen) atoms. The van der Waals surface area contributed by atoms with Crippen LogP contribution < -0.4 is 10.6 Å². The van der Waals surface area contributed by atoms with Crippen LogP contribution in [0.5, 0.6) is 0 Å². The van der Waals surface area contributed by atoms with E-state index in [0.717, 1.165) is 58.2 Å². The molecule has 1 saturated carbocycles. The number of aromatic nitrogens is 2. The smallest absolute Gasteiger partial charge is 0.227 e. The van der Waals surface area contributed by atoms with Crippen LogP contribution in [0.15, 0.2) is 4.52 Å². The Bertz CT molecular complexity index is 619. The lowest BCUT2D eigenvalue weighted by Crippen LogP contribution is -2.45. The van der Waals surface area contributed by atoms with Crippen molar-refractivity contribution in [1.82, 2.24) is 25.7 Å². The maximum Gasteiger partial charge on any atom is 0.227 e. The number of aryl methyl sites for hydroxylation is 1. The van der Waals surface area contributed by atoms with Gasteiger partial charge in [-0.15, -0.1) is 0 Å². The summed E-state index contributed by atoms with van der Waals surface area (Å²) < 4.78 is 5.39. The Labute approximate surface area is 167 Å². The number of hydrogen-bond acceptors (Lipinski definition) is 6. The third kappa shape index (κ3) is 6.58. The Hall–Kier alpha value is -1.96. The number of hydrogen-bond donors (Lipinski definition) is 2. The van der Waals surface area contributed by atoms with Gasteiger partial charge in [0, 0.05) is 32.9 Å². The van der Waals surface area contributed by atoms with Gasteiger partial charge in [0.25, 0.3) is 0 Å². The quantitative estimate of drug-likeness (QED) is 0.591. The summed E-state index contributed by atoms with van der Waals surface area (Å²) in [6.45, 7) is 9.20. The van der Waals surface area contributed by atoms with Crippen molar-refractivity contribution < 1.29 is 14.1 Å². The lowest BCUT2D eigenvalue weighted by molar-refractivity contribution is -0.122. The van der Waals surface area contributed by atoms with Crippen molar-refractivity contribution >= 4 is 11.8 Å². The van der Waals surface area contributed by atoms with Crippen molar-refractivity contribution in [3.8, 4) is 0 Å². The molecule has 0 aromatic carbocycles. The zero-order valence-corrected chi connectivity index (χ0v) is 17.6. The minimum atomic E-state index is -0.546. The standard InChI is InChI=1S/C20H35N5O3/c1-4-25(5-2)15-14-21-17(27)10-11-18-22-19(24-28-18)20(23-16(3)26)12-8-6-7-9-13-20/h4-15H2,1-3H3,(H,21,27)(H,23,26). The first-order chi connectivity index (χ1) is 13.5. The van der Waals surface area contributed by atoms with Crippen LogP contribution in [-0.2, 0) is 21.5 Å². The van der Waals surface area contributed by atoms with Crippen molar-refractivity contribution in [1.29, 1.82) is 0 Å². The maximum absolute atomic E-state index is 12.1. The zero-order chi connectivity index (χ0) is 20.4. The van der Waals surface area contributed by atoms with Crippen LogP contribution in [-0.4, -0.2) is 53.0 Å². The normalized spacial score (nSPS) is 16.6. The van der Waals surface area contributed by atoms with E-state index in [-0.39, 0.29) is 11.8 Å². The van der Waals surface area contributed by atoms with Gasteiger partial charge < -0.3 is 20.1 Å². The number of rotatable bonds is 10. The van der Waals surface area contributed by atoms with Gasteiger partial charge in [0.05, 0.1) is 0 Å². The van der Waals surface area contributed by atoms with E-state index in [2.05, 4.69) is 39.5 Å². The van der Waals surface area contributed by atoms with Gasteiger partial charge in [-0.2, -0.15) is 4.98 Å². The molecule has 1 fully saturated rings. The molecule has 158 valence electrons. The van der Waals surface area contributed by atoms with Crippen molar-refractivity contribution in [3.05, 3.63) is 11.7 Å². The van der Waals surface area contributed by atoms with Gasteiger partial charge in [0.15, 0.2) is 5.82 Å². The highest BCUT2D eigenvalue weighted by atomic mass is 16.5. The van der Waals surface area contributed by atoms with E-state index < -0.39 is 5.54 Å². The number of carbonyl (C=O) groups is 2. The monoisotopic (exact) mass is 393 g/mol. The SMILES string of the molecule is CCN(CC)CCNC(=O)CCc1nc(C2(NC(C)=O)CCCCCC2)no1. The molecule has 8 nitrogen and oxygen atoms in total. The van der Waals surface area contributed by atoms with Crippen LogP contribution in [0.4, 0.5) is 0 Å². The number of amides is 2. The average molecular weight is 394 g/mol. The minimum Gasteiger partial charge on any atom is -0.355 e. The largest absolute Gasteiger partial charge is 0.355 e. The molecule has 1 aromatic heterocycles. The molecule has 0 radical (unpaired) electrons. The Balaban J connectivity index is 1.89. The van der Waals surface area contributed by atoms with Gasteiger partial charge in [-0.3, -0.25) is 9.59 Å². The van der Waals surface area contributed by atoms with Crippen molar-refractivity contribution in [2.24, 2.45) is 0 Å². The highest BCUT2D eigenvalue weighted by Crippen LogP contribution is 2.34. The number of likely N-dealkylation sites (N-methyl/N-ethyl adjacent to an activating group) is 1. The van der Waals surface area contributed by atoms with E-state index in [1.54, 1.807) is 0 Å². The Morgan fingerprint density at radius 3 is 2.43 bits per heavy atom. The summed E-state index contributed by atoms with van der Waals surface area (Å²) in [4.78, 5) is 30.6. The summed E-state index contributed by atoms with van der Waals surface area (Å²) in [6, 6.07) is 0. The molecule has 8 heteroatoms. The van der Waals surface area contributed by atoms with Crippen molar-refractivity contribution in [2.75, 3.05) is 26.2 Å². The minimum absolute atomic E-state index is 0.0158. The van der Waals surface area contributed by atoms with Crippen LogP contribution in [0.3, 0.4) is 0 Å². The maximum atomic E-state index is 12.1. The van der Waals surface area contributed by atoms with Crippen molar-refractivity contribution in [3.63, 3.8) is 0 Å². The fourth-order valence-corrected chi connectivity index (χ4v) is 3.83. The molecule has 2 amide bonds. The first-order valence-electron chi connectivity index (χ1n) is 10.6. The molecule has 0 spiro atoms. The van der Waals surface area contributed by atoms with E-state index >= 15 is 0 Å². The molecule has 0 saturated heterocycles. The Kier molecular flexibility index (Phi) is 8.89. The van der Waals surface area contributed by atoms with E-state index in [1.807, 2.05) is 0 Å². The van der Waals surface area contributed by atoms with E-state index in [9.17, 15) is 9.59 Å². The second-order valence-corrected chi connectivity index (χ2v) is 7.57. The van der Waals surface area contributed by atoms with Crippen LogP contribution in [0.1, 0.15) is 77.4 Å². The lowest BCUT2D eigenvalue weighted by Gasteiger charge is -2.30. The van der Waals surface area contributed by atoms with Gasteiger partial charge in [-0.05, 0) is 25.9 Å². The second kappa shape index (κ2) is 11.1. The first-order valence-corrected chi connectivity index (χ1v) is 10.6. The molecule has 2 N–H and O–H groups in total. The van der Waals surface area contributed by atoms with Crippen LogP contribution in [0.2, 0.25) is 0 Å². The molecule has 1 aliphatic rings. The van der Waals surface area contributed by atoms with Gasteiger partial charge in [-0.1, -0.05) is 44.7 Å². The number of nitrogens with zero attached hydrogens (tertiary/aromatic N) is 3. The zero-order valence-electron chi connectivity index (χ0n) is 17.6. The summed E-state index contributed by atoms with van der Waals surface area (Å²) >= 11 is 0. The fourth-order valence-electron chi connectivity index (χ4n) is 3.83. The van der Waals surface area contributed by atoms with E-state index in [1.165, 1.54) is 6.92 Å². The molecule has 1 aromatic rings. The lowest BCUT2D eigenvalue weighted by atomic mass is 9.89. The Morgan fingerprint density at radius 1 is 1.14 bits per heavy atom. The Morgan fingerprint density at radius 2 is 1.82 bits per heavy atom. The van der Waals surface area contributed by atoms with Gasteiger partial charge >= 0.3 is 0 Å². The molecule has 2 rings (SSSR count). The molecule has 0 bridgehead atoms. The second-order valence-electron chi connectivity index (χ2n) is 7.57. The summed E-state index contributed by atoms with van der Waals surface area (Å²) in [5, 5.41) is 10.2. The third-order valence-electron chi connectivity index (χ3n) is 5.48. The third-order valence-corrected chi connectivity index (χ3v) is 5.48. The summed E-state index contributed by atoms with van der Waals surface area (Å²) in [7, 11) is 0. The van der Waals surface area contributed by atoms with Crippen LogP contribution in [0, 0.1) is 0 Å². The summed E-state index contributed by atoms with van der Waals surface area (Å²) in [5.41, 5.74) is -0.546. The molecule has 1 heterocycles. The fraction of sp³-hybridized carbons (Fsp3) is 0.800. The van der Waals surface area contributed by atoms with Crippen LogP contribution in [0.25, 0.3) is 0 Å². The van der Waals surface area contributed by atoms with E-state index in [4.69, 9.17) is 4.52 Å². The predicted octanol–water partition coefficient (Wildman–Crippen LogP) is 2.15. The van der Waals surface area contributed by atoms with E-state index in [0.29, 0.717) is 31.1 Å². The average Bonchev–Trinajstić information content (AvgIpc) is 3.03. The molecule has 0 atom stereocenters.